The van der Waals surface area contributed by atoms with Crippen molar-refractivity contribution in [1.29, 1.82) is 0 Å². The molecule has 0 aromatic heterocycles. The molecule has 1 aromatic carbocycles. The molecule has 0 saturated carbocycles. The van der Waals surface area contributed by atoms with Crippen molar-refractivity contribution in [2.24, 2.45) is 11.8 Å². The van der Waals surface area contributed by atoms with E-state index in [0.717, 1.165) is 5.56 Å². The second-order valence-corrected chi connectivity index (χ2v) is 4.60. The number of carboxylic acids is 1. The van der Waals surface area contributed by atoms with Gasteiger partial charge in [-0.05, 0) is 5.56 Å². The number of carbonyl (C=O) groups is 2. The molecule has 0 heterocycles. The molecule has 0 aliphatic rings. The second-order valence-electron chi connectivity index (χ2n) is 4.60. The first-order valence-electron chi connectivity index (χ1n) is 5.95. The lowest BCUT2D eigenvalue weighted by Crippen LogP contribution is -2.36. The highest BCUT2D eigenvalue weighted by Gasteiger charge is 2.27. The van der Waals surface area contributed by atoms with E-state index >= 15 is 0 Å². The SMILES string of the molecule is CC(C(=O)O)C(C)C(=O)N(C)Cc1ccccc1. The molecule has 2 unspecified atom stereocenters. The summed E-state index contributed by atoms with van der Waals surface area (Å²) in [5, 5.41) is 8.90. The van der Waals surface area contributed by atoms with Gasteiger partial charge in [0.2, 0.25) is 5.91 Å². The van der Waals surface area contributed by atoms with Crippen LogP contribution in [0.25, 0.3) is 0 Å². The maximum atomic E-state index is 12.1. The van der Waals surface area contributed by atoms with Gasteiger partial charge in [0.05, 0.1) is 5.92 Å². The molecular weight excluding hydrogens is 230 g/mol. The van der Waals surface area contributed by atoms with E-state index < -0.39 is 17.8 Å². The van der Waals surface area contributed by atoms with Gasteiger partial charge in [0.1, 0.15) is 0 Å². The normalized spacial score (nSPS) is 13.7. The lowest BCUT2D eigenvalue weighted by molar-refractivity contribution is -0.148. The van der Waals surface area contributed by atoms with Gasteiger partial charge in [-0.3, -0.25) is 9.59 Å². The van der Waals surface area contributed by atoms with Crippen LogP contribution in [0.1, 0.15) is 19.4 Å². The second kappa shape index (κ2) is 6.19. The fourth-order valence-corrected chi connectivity index (χ4v) is 1.71. The number of benzene rings is 1. The number of aliphatic carboxylic acids is 1. The van der Waals surface area contributed by atoms with Gasteiger partial charge in [-0.15, -0.1) is 0 Å². The minimum absolute atomic E-state index is 0.145. The summed E-state index contributed by atoms with van der Waals surface area (Å²) in [5.41, 5.74) is 1.03. The average Bonchev–Trinajstić information content (AvgIpc) is 2.37. The van der Waals surface area contributed by atoms with Crippen molar-refractivity contribution in [3.8, 4) is 0 Å². The third-order valence-corrected chi connectivity index (χ3v) is 3.17. The summed E-state index contributed by atoms with van der Waals surface area (Å²) < 4.78 is 0. The van der Waals surface area contributed by atoms with Gasteiger partial charge in [-0.1, -0.05) is 44.2 Å². The zero-order valence-electron chi connectivity index (χ0n) is 11.0. The van der Waals surface area contributed by atoms with Gasteiger partial charge in [-0.25, -0.2) is 0 Å². The summed E-state index contributed by atoms with van der Waals surface area (Å²) in [4.78, 5) is 24.5. The lowest BCUT2D eigenvalue weighted by Gasteiger charge is -2.23. The highest BCUT2D eigenvalue weighted by atomic mass is 16.4. The van der Waals surface area contributed by atoms with Crippen LogP contribution in [0.5, 0.6) is 0 Å². The first kappa shape index (κ1) is 14.2. The van der Waals surface area contributed by atoms with Crippen molar-refractivity contribution in [2.45, 2.75) is 20.4 Å². The van der Waals surface area contributed by atoms with E-state index in [2.05, 4.69) is 0 Å². The molecule has 2 atom stereocenters. The molecule has 18 heavy (non-hydrogen) atoms. The molecular formula is C14H19NO3. The van der Waals surface area contributed by atoms with Crippen LogP contribution in [0.2, 0.25) is 0 Å². The van der Waals surface area contributed by atoms with Crippen LogP contribution in [-0.4, -0.2) is 28.9 Å². The Balaban J connectivity index is 2.64. The molecule has 0 spiro atoms. The number of hydrogen-bond donors (Lipinski definition) is 1. The molecule has 0 bridgehead atoms. The zero-order valence-corrected chi connectivity index (χ0v) is 11.0. The highest BCUT2D eigenvalue weighted by molar-refractivity contribution is 5.84. The molecule has 4 heteroatoms. The first-order chi connectivity index (χ1) is 8.43. The molecule has 0 fully saturated rings. The number of carboxylic acid groups (broad SMARTS) is 1. The van der Waals surface area contributed by atoms with E-state index in [4.69, 9.17) is 5.11 Å². The van der Waals surface area contributed by atoms with E-state index in [1.54, 1.807) is 25.8 Å². The van der Waals surface area contributed by atoms with E-state index in [1.807, 2.05) is 30.3 Å². The lowest BCUT2D eigenvalue weighted by atomic mass is 9.95. The Morgan fingerprint density at radius 3 is 2.22 bits per heavy atom. The molecule has 4 nitrogen and oxygen atoms in total. The standard InChI is InChI=1S/C14H19NO3/c1-10(11(2)14(17)18)13(16)15(3)9-12-7-5-4-6-8-12/h4-8,10-11H,9H2,1-3H3,(H,17,18). The quantitative estimate of drug-likeness (QED) is 0.868. The Kier molecular flexibility index (Phi) is 4.89. The van der Waals surface area contributed by atoms with Crippen LogP contribution in [0, 0.1) is 11.8 Å². The third-order valence-electron chi connectivity index (χ3n) is 3.17. The highest BCUT2D eigenvalue weighted by Crippen LogP contribution is 2.15. The third kappa shape index (κ3) is 3.58. The zero-order chi connectivity index (χ0) is 13.7. The van der Waals surface area contributed by atoms with Gasteiger partial charge in [0.15, 0.2) is 0 Å². The summed E-state index contributed by atoms with van der Waals surface area (Å²) in [6.45, 7) is 3.71. The minimum Gasteiger partial charge on any atom is -0.481 e. The largest absolute Gasteiger partial charge is 0.481 e. The molecule has 1 N–H and O–H groups in total. The van der Waals surface area contributed by atoms with Crippen molar-refractivity contribution in [2.75, 3.05) is 7.05 Å². The number of hydrogen-bond acceptors (Lipinski definition) is 2. The Hall–Kier alpha value is -1.84. The van der Waals surface area contributed by atoms with E-state index in [9.17, 15) is 9.59 Å². The number of nitrogens with zero attached hydrogens (tertiary/aromatic N) is 1. The van der Waals surface area contributed by atoms with Crippen molar-refractivity contribution < 1.29 is 14.7 Å². The summed E-state index contributed by atoms with van der Waals surface area (Å²) in [6.07, 6.45) is 0. The fraction of sp³-hybridized carbons (Fsp3) is 0.429. The van der Waals surface area contributed by atoms with Crippen molar-refractivity contribution in [3.63, 3.8) is 0 Å². The van der Waals surface area contributed by atoms with Crippen LogP contribution in [0.4, 0.5) is 0 Å². The fourth-order valence-electron chi connectivity index (χ4n) is 1.71. The summed E-state index contributed by atoms with van der Waals surface area (Å²) in [5.74, 6) is -2.27. The van der Waals surface area contributed by atoms with Gasteiger partial charge < -0.3 is 10.0 Å². The maximum absolute atomic E-state index is 12.1. The number of amides is 1. The van der Waals surface area contributed by atoms with Crippen LogP contribution in [-0.2, 0) is 16.1 Å². The van der Waals surface area contributed by atoms with E-state index in [0.29, 0.717) is 6.54 Å². The number of rotatable bonds is 5. The Bertz CT molecular complexity index is 416. The summed E-state index contributed by atoms with van der Waals surface area (Å²) >= 11 is 0. The summed E-state index contributed by atoms with van der Waals surface area (Å²) in [7, 11) is 1.69. The molecule has 1 amide bonds. The predicted molar refractivity (Wildman–Crippen MR) is 68.9 cm³/mol. The predicted octanol–water partition coefficient (Wildman–Crippen LogP) is 2.00. The van der Waals surface area contributed by atoms with Crippen LogP contribution in [0.3, 0.4) is 0 Å². The van der Waals surface area contributed by atoms with Gasteiger partial charge >= 0.3 is 5.97 Å². The number of carbonyl (C=O) groups excluding carboxylic acids is 1. The average molecular weight is 249 g/mol. The van der Waals surface area contributed by atoms with E-state index in [1.165, 1.54) is 0 Å². The Labute approximate surface area is 107 Å². The molecule has 0 radical (unpaired) electrons. The molecule has 1 aromatic rings. The maximum Gasteiger partial charge on any atom is 0.307 e. The molecule has 0 aliphatic carbocycles. The molecule has 0 aliphatic heterocycles. The minimum atomic E-state index is -0.941. The van der Waals surface area contributed by atoms with E-state index in [-0.39, 0.29) is 5.91 Å². The molecule has 98 valence electrons. The Morgan fingerprint density at radius 1 is 1.17 bits per heavy atom. The monoisotopic (exact) mass is 249 g/mol. The smallest absolute Gasteiger partial charge is 0.307 e. The van der Waals surface area contributed by atoms with Crippen molar-refractivity contribution in [3.05, 3.63) is 35.9 Å². The Morgan fingerprint density at radius 2 is 1.72 bits per heavy atom. The summed E-state index contributed by atoms with van der Waals surface area (Å²) in [6, 6.07) is 9.62. The first-order valence-corrected chi connectivity index (χ1v) is 5.95. The van der Waals surface area contributed by atoms with Crippen molar-refractivity contribution in [1.82, 2.24) is 4.90 Å². The van der Waals surface area contributed by atoms with Gasteiger partial charge in [-0.2, -0.15) is 0 Å². The van der Waals surface area contributed by atoms with Crippen LogP contribution in [0.15, 0.2) is 30.3 Å². The van der Waals surface area contributed by atoms with Crippen LogP contribution < -0.4 is 0 Å². The van der Waals surface area contributed by atoms with Gasteiger partial charge in [0, 0.05) is 19.5 Å². The van der Waals surface area contributed by atoms with Gasteiger partial charge in [0.25, 0.3) is 0 Å². The molecule has 0 saturated heterocycles. The topological polar surface area (TPSA) is 57.6 Å². The van der Waals surface area contributed by atoms with Crippen molar-refractivity contribution >= 4 is 11.9 Å². The molecule has 1 rings (SSSR count). The van der Waals surface area contributed by atoms with Crippen LogP contribution >= 0.6 is 0 Å².